The summed E-state index contributed by atoms with van der Waals surface area (Å²) in [6.07, 6.45) is 0.577. The van der Waals surface area contributed by atoms with Crippen LogP contribution in [0.25, 0.3) is 11.2 Å². The van der Waals surface area contributed by atoms with Crippen molar-refractivity contribution in [1.29, 1.82) is 0 Å². The number of ether oxygens (including phenoxy) is 2. The molecule has 6 heterocycles. The van der Waals surface area contributed by atoms with Gasteiger partial charge < -0.3 is 34.3 Å². The lowest BCUT2D eigenvalue weighted by atomic mass is 9.81. The molecule has 49 heavy (non-hydrogen) atoms. The molecule has 4 aromatic rings. The fourth-order valence-corrected chi connectivity index (χ4v) is 7.66. The van der Waals surface area contributed by atoms with Crippen molar-refractivity contribution in [3.63, 3.8) is 0 Å². The van der Waals surface area contributed by atoms with Crippen LogP contribution in [0.15, 0.2) is 29.5 Å². The molecule has 254 valence electrons. The smallest absolute Gasteiger partial charge is 0.504 e. The van der Waals surface area contributed by atoms with Crippen LogP contribution in [-0.4, -0.2) is 77.8 Å². The minimum atomic E-state index is -3.89. The number of aryl methyl sites for hydroxylation is 2. The van der Waals surface area contributed by atoms with E-state index in [4.69, 9.17) is 11.6 Å². The molecule has 1 aromatic carbocycles. The zero-order chi connectivity index (χ0) is 34.5. The summed E-state index contributed by atoms with van der Waals surface area (Å²) in [4.78, 5) is 62.8. The SMILES string of the molecule is Cc1cnc2c(n1)c(=O)c(N1CCN(C(=O)c3ncnc(C)c3O)[C@H]3CC[C@@H]31)c1n2[C@@H](C(=O)Nc2ccc3c(c2Cl)OC(F)(F)O3)C[C@H]1C. The number of fused-ring (bicyclic) bond motifs is 5. The van der Waals surface area contributed by atoms with Crippen molar-refractivity contribution in [3.8, 4) is 17.2 Å². The zero-order valence-electron chi connectivity index (χ0n) is 26.4. The van der Waals surface area contributed by atoms with Crippen molar-refractivity contribution >= 4 is 46.0 Å². The number of piperazine rings is 1. The van der Waals surface area contributed by atoms with Crippen molar-refractivity contribution in [2.24, 2.45) is 0 Å². The molecular weight excluding hydrogens is 666 g/mol. The molecule has 0 radical (unpaired) electrons. The average Bonchev–Trinajstić information content (AvgIpc) is 3.56. The second-order valence-corrected chi connectivity index (χ2v) is 13.1. The summed E-state index contributed by atoms with van der Waals surface area (Å²) in [5.74, 6) is -2.10. The van der Waals surface area contributed by atoms with Gasteiger partial charge in [-0.1, -0.05) is 18.5 Å². The molecule has 1 saturated carbocycles. The highest BCUT2D eigenvalue weighted by Gasteiger charge is 2.49. The number of carbonyl (C=O) groups is 2. The van der Waals surface area contributed by atoms with E-state index in [2.05, 4.69) is 34.7 Å². The van der Waals surface area contributed by atoms with Crippen molar-refractivity contribution in [3.05, 3.63) is 62.7 Å². The van der Waals surface area contributed by atoms with Gasteiger partial charge in [-0.15, -0.1) is 8.78 Å². The first-order chi connectivity index (χ1) is 23.3. The Morgan fingerprint density at radius 1 is 1.10 bits per heavy atom. The number of hydrogen-bond acceptors (Lipinski definition) is 11. The summed E-state index contributed by atoms with van der Waals surface area (Å²) in [6.45, 7) is 5.81. The first-order valence-electron chi connectivity index (χ1n) is 15.7. The van der Waals surface area contributed by atoms with Gasteiger partial charge in [0.15, 0.2) is 34.1 Å². The second-order valence-electron chi connectivity index (χ2n) is 12.7. The van der Waals surface area contributed by atoms with E-state index in [0.29, 0.717) is 48.6 Å². The van der Waals surface area contributed by atoms with E-state index >= 15 is 0 Å². The van der Waals surface area contributed by atoms with E-state index in [9.17, 15) is 28.3 Å². The third-order valence-corrected chi connectivity index (χ3v) is 10.2. The predicted octanol–water partition coefficient (Wildman–Crippen LogP) is 4.06. The second kappa shape index (κ2) is 10.9. The minimum absolute atomic E-state index is 0.0448. The number of alkyl halides is 2. The first-order valence-corrected chi connectivity index (χ1v) is 16.1. The highest BCUT2D eigenvalue weighted by Crippen LogP contribution is 2.49. The van der Waals surface area contributed by atoms with Gasteiger partial charge in [-0.25, -0.2) is 19.9 Å². The summed E-state index contributed by atoms with van der Waals surface area (Å²) in [5, 5.41) is 13.0. The normalized spacial score (nSPS) is 23.2. The van der Waals surface area contributed by atoms with E-state index < -0.39 is 24.2 Å². The number of halogens is 3. The first kappa shape index (κ1) is 31.2. The predicted molar refractivity (Wildman–Crippen MR) is 171 cm³/mol. The van der Waals surface area contributed by atoms with Gasteiger partial charge in [0, 0.05) is 25.0 Å². The lowest BCUT2D eigenvalue weighted by molar-refractivity contribution is -0.286. The van der Waals surface area contributed by atoms with Crippen LogP contribution in [0.4, 0.5) is 20.2 Å². The molecule has 4 atom stereocenters. The van der Waals surface area contributed by atoms with Crippen molar-refractivity contribution < 1.29 is 33.0 Å². The highest BCUT2D eigenvalue weighted by atomic mass is 35.5. The molecule has 4 aliphatic rings. The van der Waals surface area contributed by atoms with Gasteiger partial charge in [0.2, 0.25) is 11.3 Å². The maximum atomic E-state index is 14.4. The Morgan fingerprint density at radius 2 is 1.88 bits per heavy atom. The number of benzene rings is 1. The number of nitrogens with zero attached hydrogens (tertiary/aromatic N) is 7. The van der Waals surface area contributed by atoms with Gasteiger partial charge >= 0.3 is 6.29 Å². The van der Waals surface area contributed by atoms with Crippen LogP contribution in [0.3, 0.4) is 0 Å². The number of anilines is 2. The van der Waals surface area contributed by atoms with Crippen LogP contribution < -0.4 is 25.1 Å². The van der Waals surface area contributed by atoms with Crippen molar-refractivity contribution in [1.82, 2.24) is 29.4 Å². The Hall–Kier alpha value is -5.12. The topological polar surface area (TPSA) is 165 Å². The van der Waals surface area contributed by atoms with Crippen LogP contribution in [-0.2, 0) is 4.79 Å². The minimum Gasteiger partial charge on any atom is -0.504 e. The summed E-state index contributed by atoms with van der Waals surface area (Å²) in [5.41, 5.74) is 1.83. The van der Waals surface area contributed by atoms with E-state index in [1.807, 2.05) is 11.8 Å². The molecule has 14 nitrogen and oxygen atoms in total. The van der Waals surface area contributed by atoms with Gasteiger partial charge in [0.25, 0.3) is 5.91 Å². The van der Waals surface area contributed by atoms with Crippen LogP contribution in [0.1, 0.15) is 65.7 Å². The van der Waals surface area contributed by atoms with Gasteiger partial charge in [-0.2, -0.15) is 0 Å². The maximum Gasteiger partial charge on any atom is 0.586 e. The maximum absolute atomic E-state index is 14.4. The molecule has 17 heteroatoms. The van der Waals surface area contributed by atoms with E-state index in [1.54, 1.807) is 23.3 Å². The van der Waals surface area contributed by atoms with Crippen molar-refractivity contribution in [2.45, 2.75) is 70.4 Å². The molecule has 0 spiro atoms. The number of carbonyl (C=O) groups excluding carboxylic acids is 2. The molecule has 1 aliphatic carbocycles. The zero-order valence-corrected chi connectivity index (χ0v) is 27.2. The largest absolute Gasteiger partial charge is 0.586 e. The molecule has 0 unspecified atom stereocenters. The Balaban J connectivity index is 1.17. The number of aromatic nitrogens is 5. The molecule has 1 saturated heterocycles. The van der Waals surface area contributed by atoms with Gasteiger partial charge in [-0.3, -0.25) is 14.4 Å². The number of nitrogens with one attached hydrogen (secondary N) is 1. The van der Waals surface area contributed by atoms with Crippen LogP contribution in [0, 0.1) is 13.8 Å². The van der Waals surface area contributed by atoms with Crippen LogP contribution in [0.5, 0.6) is 17.2 Å². The molecule has 2 fully saturated rings. The number of pyridine rings is 1. The van der Waals surface area contributed by atoms with Gasteiger partial charge in [0.05, 0.1) is 35.0 Å². The van der Waals surface area contributed by atoms with Gasteiger partial charge in [-0.05, 0) is 45.2 Å². The number of hydrogen-bond donors (Lipinski definition) is 2. The summed E-state index contributed by atoms with van der Waals surface area (Å²) < 4.78 is 38.2. The van der Waals surface area contributed by atoms with E-state index in [0.717, 1.165) is 0 Å². The van der Waals surface area contributed by atoms with Crippen LogP contribution in [0.2, 0.25) is 5.02 Å². The lowest BCUT2D eigenvalue weighted by Gasteiger charge is -2.54. The Kier molecular flexibility index (Phi) is 6.96. The third kappa shape index (κ3) is 4.75. The Bertz CT molecular complexity index is 2160. The standard InChI is InChI=1S/C32H29ClF2N8O6/c1-13-10-19(30(46)40-16-4-7-20-28(21(16)33)49-32(34,35)48-20)43-24(13)25(27(45)22-29(43)36-11-14(2)39-22)41-8-9-42(18-6-5-17(18)41)31(47)23-26(44)15(3)37-12-38-23/h4,7,11-13,17-19,44H,5-6,8-10H2,1-3H3,(H,40,46)/t13-,17+,18+,19-/m1/s1. The molecular formula is C32H29ClF2N8O6. The average molecular weight is 695 g/mol. The quantitative estimate of drug-likeness (QED) is 0.317. The van der Waals surface area contributed by atoms with Gasteiger partial charge in [0.1, 0.15) is 23.1 Å². The fraction of sp³-hybridized carbons (Fsp3) is 0.406. The molecule has 3 aromatic heterocycles. The summed E-state index contributed by atoms with van der Waals surface area (Å²) >= 11 is 6.37. The highest BCUT2D eigenvalue weighted by molar-refractivity contribution is 6.35. The molecule has 8 rings (SSSR count). The van der Waals surface area contributed by atoms with Crippen molar-refractivity contribution in [2.75, 3.05) is 23.3 Å². The summed E-state index contributed by atoms with van der Waals surface area (Å²) in [7, 11) is 0. The summed E-state index contributed by atoms with van der Waals surface area (Å²) in [6, 6.07) is 1.26. The van der Waals surface area contributed by atoms with E-state index in [1.165, 1.54) is 24.7 Å². The number of amides is 2. The monoisotopic (exact) mass is 694 g/mol. The molecule has 3 aliphatic heterocycles. The fourth-order valence-electron chi connectivity index (χ4n) is 7.42. The van der Waals surface area contributed by atoms with E-state index in [-0.39, 0.29) is 74.8 Å². The lowest BCUT2D eigenvalue weighted by Crippen LogP contribution is -2.67. The third-order valence-electron chi connectivity index (χ3n) is 9.80. The molecule has 2 N–H and O–H groups in total. The number of aromatic hydroxyl groups is 1. The Morgan fingerprint density at radius 3 is 2.63 bits per heavy atom. The Labute approximate surface area is 281 Å². The molecule has 0 bridgehead atoms. The van der Waals surface area contributed by atoms with Crippen LogP contribution >= 0.6 is 11.6 Å². The molecule has 2 amide bonds. The number of rotatable bonds is 4.